The highest BCUT2D eigenvalue weighted by Crippen LogP contribution is 2.24. The van der Waals surface area contributed by atoms with Crippen LogP contribution >= 0.6 is 0 Å². The summed E-state index contributed by atoms with van der Waals surface area (Å²) < 4.78 is 0. The summed E-state index contributed by atoms with van der Waals surface area (Å²) in [5.74, 6) is 0.790. The van der Waals surface area contributed by atoms with E-state index < -0.39 is 0 Å². The zero-order valence-electron chi connectivity index (χ0n) is 17.0. The van der Waals surface area contributed by atoms with E-state index >= 15 is 0 Å². The molecule has 2 saturated heterocycles. The summed E-state index contributed by atoms with van der Waals surface area (Å²) in [4.78, 5) is 29.4. The second-order valence-electron chi connectivity index (χ2n) is 8.45. The standard InChI is InChI=1S/C25H30N2O2/c28-24-18-23(25(29)22-9-5-2-6-10-22)19-27(24)16-15-26-13-11-21(12-14-26)17-20-7-3-1-4-8-20/h1-10,21,23H,11-19H2. The van der Waals surface area contributed by atoms with Crippen LogP contribution in [0.5, 0.6) is 0 Å². The molecular weight excluding hydrogens is 360 g/mol. The van der Waals surface area contributed by atoms with Gasteiger partial charge in [-0.3, -0.25) is 9.59 Å². The van der Waals surface area contributed by atoms with Crippen molar-refractivity contribution in [3.05, 3.63) is 71.8 Å². The lowest BCUT2D eigenvalue weighted by molar-refractivity contribution is -0.127. The minimum atomic E-state index is -0.193. The molecule has 0 aromatic heterocycles. The lowest BCUT2D eigenvalue weighted by atomic mass is 9.90. The number of hydrogen-bond donors (Lipinski definition) is 0. The van der Waals surface area contributed by atoms with Crippen molar-refractivity contribution in [2.45, 2.75) is 25.7 Å². The first kappa shape index (κ1) is 19.8. The average molecular weight is 391 g/mol. The van der Waals surface area contributed by atoms with Gasteiger partial charge in [0.15, 0.2) is 5.78 Å². The Kier molecular flexibility index (Phi) is 6.40. The highest BCUT2D eigenvalue weighted by molar-refractivity contribution is 6.01. The SMILES string of the molecule is O=C(c1ccccc1)C1CC(=O)N(CCN2CCC(Cc3ccccc3)CC2)C1. The van der Waals surface area contributed by atoms with Gasteiger partial charge >= 0.3 is 0 Å². The molecule has 4 heteroatoms. The molecule has 2 aromatic rings. The van der Waals surface area contributed by atoms with Crippen LogP contribution in [0.15, 0.2) is 60.7 Å². The Bertz CT molecular complexity index is 813. The van der Waals surface area contributed by atoms with Crippen LogP contribution in [0.2, 0.25) is 0 Å². The van der Waals surface area contributed by atoms with Crippen LogP contribution in [0.1, 0.15) is 35.2 Å². The smallest absolute Gasteiger partial charge is 0.223 e. The molecular formula is C25H30N2O2. The lowest BCUT2D eigenvalue weighted by Crippen LogP contribution is -2.40. The Morgan fingerprint density at radius 2 is 1.55 bits per heavy atom. The molecule has 152 valence electrons. The molecule has 0 spiro atoms. The maximum Gasteiger partial charge on any atom is 0.223 e. The third-order valence-electron chi connectivity index (χ3n) is 6.40. The fourth-order valence-corrected chi connectivity index (χ4v) is 4.63. The Morgan fingerprint density at radius 1 is 0.897 bits per heavy atom. The van der Waals surface area contributed by atoms with E-state index in [4.69, 9.17) is 0 Å². The molecule has 0 bridgehead atoms. The molecule has 2 heterocycles. The number of hydrogen-bond acceptors (Lipinski definition) is 3. The molecule has 4 rings (SSSR count). The van der Waals surface area contributed by atoms with E-state index in [2.05, 4.69) is 35.2 Å². The van der Waals surface area contributed by atoms with Gasteiger partial charge in [0, 0.05) is 37.5 Å². The Labute approximate surface area is 173 Å². The molecule has 2 aliphatic rings. The van der Waals surface area contributed by atoms with Crippen molar-refractivity contribution in [1.82, 2.24) is 9.80 Å². The summed E-state index contributed by atoms with van der Waals surface area (Å²) in [5, 5.41) is 0. The fraction of sp³-hybridized carbons (Fsp3) is 0.440. The van der Waals surface area contributed by atoms with Crippen LogP contribution in [-0.2, 0) is 11.2 Å². The third-order valence-corrected chi connectivity index (χ3v) is 6.40. The van der Waals surface area contributed by atoms with Crippen LogP contribution in [0.25, 0.3) is 0 Å². The number of likely N-dealkylation sites (tertiary alicyclic amines) is 2. The van der Waals surface area contributed by atoms with Crippen LogP contribution in [0.3, 0.4) is 0 Å². The van der Waals surface area contributed by atoms with Crippen LogP contribution in [0, 0.1) is 11.8 Å². The normalized spacial score (nSPS) is 20.9. The van der Waals surface area contributed by atoms with Gasteiger partial charge in [-0.05, 0) is 43.8 Å². The number of carbonyl (C=O) groups is 2. The second kappa shape index (κ2) is 9.36. The first-order chi connectivity index (χ1) is 14.2. The average Bonchev–Trinajstić information content (AvgIpc) is 3.14. The predicted octanol–water partition coefficient (Wildman–Crippen LogP) is 3.67. The maximum absolute atomic E-state index is 12.6. The maximum atomic E-state index is 12.6. The number of carbonyl (C=O) groups excluding carboxylic acids is 2. The number of ketones is 1. The summed E-state index contributed by atoms with van der Waals surface area (Å²) in [6.45, 7) is 4.42. The minimum Gasteiger partial charge on any atom is -0.341 e. The van der Waals surface area contributed by atoms with E-state index in [0.29, 0.717) is 18.5 Å². The molecule has 0 N–H and O–H groups in total. The van der Waals surface area contributed by atoms with E-state index in [1.165, 1.54) is 24.8 Å². The largest absolute Gasteiger partial charge is 0.341 e. The summed E-state index contributed by atoms with van der Waals surface area (Å²) >= 11 is 0. The predicted molar refractivity (Wildman–Crippen MR) is 115 cm³/mol. The molecule has 2 fully saturated rings. The third kappa shape index (κ3) is 5.13. The number of benzene rings is 2. The van der Waals surface area contributed by atoms with Crippen molar-refractivity contribution in [2.75, 3.05) is 32.7 Å². The molecule has 2 aliphatic heterocycles. The van der Waals surface area contributed by atoms with Crippen molar-refractivity contribution in [3.8, 4) is 0 Å². The van der Waals surface area contributed by atoms with Crippen molar-refractivity contribution in [1.29, 1.82) is 0 Å². The van der Waals surface area contributed by atoms with E-state index in [-0.39, 0.29) is 17.6 Å². The van der Waals surface area contributed by atoms with Gasteiger partial charge in [0.1, 0.15) is 0 Å². The number of piperidine rings is 1. The van der Waals surface area contributed by atoms with Crippen molar-refractivity contribution >= 4 is 11.7 Å². The molecule has 0 aliphatic carbocycles. The minimum absolute atomic E-state index is 0.100. The summed E-state index contributed by atoms with van der Waals surface area (Å²) in [7, 11) is 0. The second-order valence-corrected chi connectivity index (χ2v) is 8.45. The summed E-state index contributed by atoms with van der Waals surface area (Å²) in [5.41, 5.74) is 2.15. The zero-order valence-corrected chi connectivity index (χ0v) is 17.0. The first-order valence-electron chi connectivity index (χ1n) is 10.8. The Morgan fingerprint density at radius 3 is 2.24 bits per heavy atom. The van der Waals surface area contributed by atoms with Crippen molar-refractivity contribution in [2.24, 2.45) is 11.8 Å². The van der Waals surface area contributed by atoms with Gasteiger partial charge in [0.05, 0.1) is 0 Å². The number of nitrogens with zero attached hydrogens (tertiary/aromatic N) is 2. The summed E-state index contributed by atoms with van der Waals surface area (Å²) in [6, 6.07) is 20.1. The fourth-order valence-electron chi connectivity index (χ4n) is 4.63. The van der Waals surface area contributed by atoms with Gasteiger partial charge in [-0.15, -0.1) is 0 Å². The highest BCUT2D eigenvalue weighted by Gasteiger charge is 2.34. The first-order valence-corrected chi connectivity index (χ1v) is 10.8. The zero-order chi connectivity index (χ0) is 20.1. The van der Waals surface area contributed by atoms with Gasteiger partial charge in [-0.2, -0.15) is 0 Å². The Hall–Kier alpha value is -2.46. The van der Waals surface area contributed by atoms with Crippen LogP contribution in [-0.4, -0.2) is 54.2 Å². The molecule has 0 saturated carbocycles. The van der Waals surface area contributed by atoms with Crippen LogP contribution in [0.4, 0.5) is 0 Å². The van der Waals surface area contributed by atoms with E-state index in [1.54, 1.807) is 0 Å². The van der Waals surface area contributed by atoms with Gasteiger partial charge in [-0.25, -0.2) is 0 Å². The molecule has 1 amide bonds. The summed E-state index contributed by atoms with van der Waals surface area (Å²) in [6.07, 6.45) is 3.96. The van der Waals surface area contributed by atoms with E-state index in [9.17, 15) is 9.59 Å². The van der Waals surface area contributed by atoms with E-state index in [0.717, 1.165) is 32.1 Å². The molecule has 29 heavy (non-hydrogen) atoms. The molecule has 1 unspecified atom stereocenters. The lowest BCUT2D eigenvalue weighted by Gasteiger charge is -2.33. The van der Waals surface area contributed by atoms with Crippen molar-refractivity contribution in [3.63, 3.8) is 0 Å². The van der Waals surface area contributed by atoms with Gasteiger partial charge in [0.25, 0.3) is 0 Å². The number of rotatable bonds is 7. The molecule has 2 aromatic carbocycles. The monoisotopic (exact) mass is 390 g/mol. The van der Waals surface area contributed by atoms with Gasteiger partial charge in [-0.1, -0.05) is 60.7 Å². The van der Waals surface area contributed by atoms with Crippen molar-refractivity contribution < 1.29 is 9.59 Å². The quantitative estimate of drug-likeness (QED) is 0.677. The van der Waals surface area contributed by atoms with Gasteiger partial charge in [0.2, 0.25) is 5.91 Å². The molecule has 4 nitrogen and oxygen atoms in total. The molecule has 1 atom stereocenters. The number of Topliss-reactive ketones (excluding diaryl/α,β-unsaturated/α-hetero) is 1. The van der Waals surface area contributed by atoms with E-state index in [1.807, 2.05) is 35.2 Å². The van der Waals surface area contributed by atoms with Gasteiger partial charge < -0.3 is 9.80 Å². The topological polar surface area (TPSA) is 40.6 Å². The highest BCUT2D eigenvalue weighted by atomic mass is 16.2. The Balaban J connectivity index is 1.21. The molecule has 0 radical (unpaired) electrons. The number of amides is 1. The van der Waals surface area contributed by atoms with Crippen LogP contribution < -0.4 is 0 Å².